The first-order valence-corrected chi connectivity index (χ1v) is 7.10. The lowest BCUT2D eigenvalue weighted by Gasteiger charge is -2.04. The molecule has 0 radical (unpaired) electrons. The Morgan fingerprint density at radius 1 is 1.33 bits per heavy atom. The number of benzene rings is 1. The van der Waals surface area contributed by atoms with Crippen LogP contribution in [0.5, 0.6) is 5.75 Å². The molecule has 21 heavy (non-hydrogen) atoms. The molecule has 2 rings (SSSR count). The Morgan fingerprint density at radius 3 is 2.90 bits per heavy atom. The predicted octanol–water partition coefficient (Wildman–Crippen LogP) is 3.07. The van der Waals surface area contributed by atoms with Crippen LogP contribution < -0.4 is 4.74 Å². The number of rotatable bonds is 4. The summed E-state index contributed by atoms with van der Waals surface area (Å²) in [5.41, 5.74) is 0.873. The molecule has 0 saturated heterocycles. The highest BCUT2D eigenvalue weighted by Crippen LogP contribution is 2.20. The summed E-state index contributed by atoms with van der Waals surface area (Å²) in [7, 11) is 0. The van der Waals surface area contributed by atoms with Crippen LogP contribution in [0, 0.1) is 29.0 Å². The molecule has 1 aromatic carbocycles. The topological polar surface area (TPSA) is 53.2 Å². The van der Waals surface area contributed by atoms with Gasteiger partial charge in [-0.1, -0.05) is 11.8 Å². The summed E-state index contributed by atoms with van der Waals surface area (Å²) < 4.78 is 18.9. The third-order valence-corrected chi connectivity index (χ3v) is 3.48. The van der Waals surface area contributed by atoms with Crippen LogP contribution in [0.3, 0.4) is 0 Å². The number of nitriles is 1. The van der Waals surface area contributed by atoms with Crippen LogP contribution >= 0.6 is 11.3 Å². The smallest absolute Gasteiger partial charge is 0.144 e. The zero-order valence-electron chi connectivity index (χ0n) is 11.1. The van der Waals surface area contributed by atoms with Crippen LogP contribution in [0.4, 0.5) is 4.39 Å². The first kappa shape index (κ1) is 15.1. The van der Waals surface area contributed by atoms with Crippen LogP contribution in [0.25, 0.3) is 0 Å². The van der Waals surface area contributed by atoms with E-state index in [0.29, 0.717) is 18.8 Å². The van der Waals surface area contributed by atoms with E-state index in [9.17, 15) is 4.39 Å². The Bertz CT molecular complexity index is 722. The Hall–Kier alpha value is -2.34. The number of thiophene rings is 1. The quantitative estimate of drug-likeness (QED) is 0.883. The van der Waals surface area contributed by atoms with Crippen molar-refractivity contribution < 1.29 is 14.2 Å². The van der Waals surface area contributed by atoms with E-state index in [1.54, 1.807) is 12.1 Å². The molecule has 106 valence electrons. The lowest BCUT2D eigenvalue weighted by molar-refractivity contribution is 0.305. The molecule has 0 aliphatic rings. The van der Waals surface area contributed by atoms with Gasteiger partial charge in [0, 0.05) is 28.3 Å². The predicted molar refractivity (Wildman–Crippen MR) is 78.3 cm³/mol. The summed E-state index contributed by atoms with van der Waals surface area (Å²) in [4.78, 5) is 0.966. The maximum Gasteiger partial charge on any atom is 0.144 e. The minimum absolute atomic E-state index is 0.0000763. The van der Waals surface area contributed by atoms with Gasteiger partial charge in [-0.2, -0.15) is 5.26 Å². The molecule has 0 unspecified atom stereocenters. The van der Waals surface area contributed by atoms with E-state index in [-0.39, 0.29) is 12.2 Å². The van der Waals surface area contributed by atoms with Gasteiger partial charge in [0.1, 0.15) is 24.2 Å². The van der Waals surface area contributed by atoms with Crippen molar-refractivity contribution in [2.75, 3.05) is 6.61 Å². The summed E-state index contributed by atoms with van der Waals surface area (Å²) in [6.45, 7) is 0.370. The van der Waals surface area contributed by atoms with Crippen molar-refractivity contribution in [3.05, 3.63) is 51.5 Å². The summed E-state index contributed by atoms with van der Waals surface area (Å²) in [5, 5.41) is 19.2. The molecule has 1 aromatic heterocycles. The molecule has 0 saturated carbocycles. The standard InChI is InChI=1S/C16H12FNO2S/c17-16-8-14(5-4-13(16)9-18)20-10-15-7-12(11-21-15)3-1-2-6-19/h4-5,7-8,11,19H,2,6,10H2. The summed E-state index contributed by atoms with van der Waals surface area (Å²) in [5.74, 6) is 5.58. The maximum absolute atomic E-state index is 13.4. The SMILES string of the molecule is N#Cc1ccc(OCc2cc(C#CCCO)cs2)cc1F. The third kappa shape index (κ3) is 4.32. The van der Waals surface area contributed by atoms with Crippen molar-refractivity contribution in [2.45, 2.75) is 13.0 Å². The molecule has 1 N–H and O–H groups in total. The highest BCUT2D eigenvalue weighted by atomic mass is 32.1. The van der Waals surface area contributed by atoms with Crippen molar-refractivity contribution in [3.8, 4) is 23.7 Å². The summed E-state index contributed by atoms with van der Waals surface area (Å²) in [6, 6.07) is 7.82. The molecule has 0 aliphatic carbocycles. The van der Waals surface area contributed by atoms with E-state index in [2.05, 4.69) is 11.8 Å². The lowest BCUT2D eigenvalue weighted by Crippen LogP contribution is -1.94. The molecule has 3 nitrogen and oxygen atoms in total. The van der Waals surface area contributed by atoms with Crippen LogP contribution in [0.2, 0.25) is 0 Å². The van der Waals surface area contributed by atoms with E-state index in [0.717, 1.165) is 10.4 Å². The van der Waals surface area contributed by atoms with E-state index in [4.69, 9.17) is 15.1 Å². The Labute approximate surface area is 126 Å². The highest BCUT2D eigenvalue weighted by Gasteiger charge is 2.04. The van der Waals surface area contributed by atoms with Gasteiger partial charge in [0.15, 0.2) is 0 Å². The zero-order chi connectivity index (χ0) is 15.1. The Kier molecular flexibility index (Phi) is 5.34. The molecule has 0 bridgehead atoms. The van der Waals surface area contributed by atoms with Crippen molar-refractivity contribution in [2.24, 2.45) is 0 Å². The molecule has 1 heterocycles. The Balaban J connectivity index is 1.96. The Morgan fingerprint density at radius 2 is 2.19 bits per heavy atom. The second-order valence-electron chi connectivity index (χ2n) is 4.12. The molecule has 0 fully saturated rings. The van der Waals surface area contributed by atoms with Gasteiger partial charge in [0.25, 0.3) is 0 Å². The number of aliphatic hydroxyl groups excluding tert-OH is 1. The molecule has 5 heteroatoms. The highest BCUT2D eigenvalue weighted by molar-refractivity contribution is 7.10. The monoisotopic (exact) mass is 301 g/mol. The minimum Gasteiger partial charge on any atom is -0.488 e. The van der Waals surface area contributed by atoms with Gasteiger partial charge in [0.2, 0.25) is 0 Å². The van der Waals surface area contributed by atoms with Gasteiger partial charge in [-0.15, -0.1) is 11.3 Å². The summed E-state index contributed by atoms with van der Waals surface area (Å²) in [6.07, 6.45) is 0.451. The van der Waals surface area contributed by atoms with Gasteiger partial charge in [0.05, 0.1) is 12.2 Å². The second-order valence-corrected chi connectivity index (χ2v) is 5.11. The van der Waals surface area contributed by atoms with E-state index >= 15 is 0 Å². The van der Waals surface area contributed by atoms with Crippen molar-refractivity contribution in [1.82, 2.24) is 0 Å². The first-order chi connectivity index (χ1) is 10.2. The normalized spacial score (nSPS) is 9.57. The van der Waals surface area contributed by atoms with Crippen LogP contribution in [-0.4, -0.2) is 11.7 Å². The van der Waals surface area contributed by atoms with Gasteiger partial charge in [-0.05, 0) is 18.2 Å². The molecule has 0 amide bonds. The molecule has 2 aromatic rings. The largest absolute Gasteiger partial charge is 0.488 e. The zero-order valence-corrected chi connectivity index (χ0v) is 11.9. The van der Waals surface area contributed by atoms with Crippen molar-refractivity contribution in [1.29, 1.82) is 5.26 Å². The molecule has 0 atom stereocenters. The molecular weight excluding hydrogens is 289 g/mol. The number of halogens is 1. The van der Waals surface area contributed by atoms with Crippen LogP contribution in [0.1, 0.15) is 22.4 Å². The fourth-order valence-corrected chi connectivity index (χ4v) is 2.30. The van der Waals surface area contributed by atoms with Crippen LogP contribution in [-0.2, 0) is 6.61 Å². The first-order valence-electron chi connectivity index (χ1n) is 6.22. The number of nitrogens with zero attached hydrogens (tertiary/aromatic N) is 1. The fourth-order valence-electron chi connectivity index (χ4n) is 1.57. The van der Waals surface area contributed by atoms with Gasteiger partial charge < -0.3 is 9.84 Å². The summed E-state index contributed by atoms with van der Waals surface area (Å²) >= 11 is 1.50. The minimum atomic E-state index is -0.586. The molecule has 0 spiro atoms. The van der Waals surface area contributed by atoms with E-state index < -0.39 is 5.82 Å². The van der Waals surface area contributed by atoms with Crippen LogP contribution in [0.15, 0.2) is 29.6 Å². The molecular formula is C16H12FNO2S. The van der Waals surface area contributed by atoms with Gasteiger partial charge >= 0.3 is 0 Å². The number of hydrogen-bond acceptors (Lipinski definition) is 4. The second kappa shape index (κ2) is 7.44. The third-order valence-electron chi connectivity index (χ3n) is 2.57. The average Bonchev–Trinajstić information content (AvgIpc) is 2.93. The number of aliphatic hydroxyl groups is 1. The van der Waals surface area contributed by atoms with E-state index in [1.165, 1.54) is 23.5 Å². The number of hydrogen-bond donors (Lipinski definition) is 1. The average molecular weight is 301 g/mol. The van der Waals surface area contributed by atoms with Crippen molar-refractivity contribution >= 4 is 11.3 Å². The lowest BCUT2D eigenvalue weighted by atomic mass is 10.2. The van der Waals surface area contributed by atoms with Crippen molar-refractivity contribution in [3.63, 3.8) is 0 Å². The van der Waals surface area contributed by atoms with Gasteiger partial charge in [-0.3, -0.25) is 0 Å². The fraction of sp³-hybridized carbons (Fsp3) is 0.188. The van der Waals surface area contributed by atoms with Gasteiger partial charge in [-0.25, -0.2) is 4.39 Å². The maximum atomic E-state index is 13.4. The van der Waals surface area contributed by atoms with E-state index in [1.807, 2.05) is 11.4 Å². The molecule has 0 aliphatic heterocycles. The number of ether oxygens (including phenoxy) is 1.